The molecule has 9 heteroatoms. The molecule has 0 aliphatic heterocycles. The van der Waals surface area contributed by atoms with E-state index in [1.165, 1.54) is 33.4 Å². The monoisotopic (exact) mass is 948 g/mol. The van der Waals surface area contributed by atoms with E-state index < -0.39 is 9.49 Å². The summed E-state index contributed by atoms with van der Waals surface area (Å²) in [4.78, 5) is 27.7. The summed E-state index contributed by atoms with van der Waals surface area (Å²) in [5, 5.41) is 6.00. The van der Waals surface area contributed by atoms with Gasteiger partial charge < -0.3 is 24.8 Å². The zero-order valence-corrected chi connectivity index (χ0v) is 40.1. The van der Waals surface area contributed by atoms with Crippen molar-refractivity contribution in [1.82, 2.24) is 0 Å². The average molecular weight is 949 g/mol. The lowest BCUT2D eigenvalue weighted by Gasteiger charge is -2.35. The smallest absolute Gasteiger partial charge is 0.226 e. The van der Waals surface area contributed by atoms with E-state index in [1.54, 1.807) is 23.5 Å². The Morgan fingerprint density at radius 2 is 0.551 bits per heavy atom. The Labute approximate surface area is 414 Å². The molecule has 7 nitrogen and oxygen atoms in total. The molecule has 0 spiro atoms. The molecule has 0 atom stereocenters. The van der Waals surface area contributed by atoms with Gasteiger partial charge in [0.25, 0.3) is 0 Å². The molecule has 348 valence electrons. The van der Waals surface area contributed by atoms with E-state index in [0.717, 1.165) is 21.2 Å². The summed E-state index contributed by atoms with van der Waals surface area (Å²) in [5.74, 6) is -0.242. The SMILES string of the molecule is O=C(CCOCCOCCOCCC(=O)Nc1ccc(SC(c2ccccc2)(c2ccccc2)c2ccccc2)cc1)Nc1ccc(SC(c2ccccc2)(c2ccccc2)c2ccccc2)cc1. The van der Waals surface area contributed by atoms with Crippen molar-refractivity contribution >= 4 is 46.7 Å². The van der Waals surface area contributed by atoms with Gasteiger partial charge in [0.15, 0.2) is 0 Å². The molecule has 2 amide bonds. The molecule has 0 radical (unpaired) electrons. The van der Waals surface area contributed by atoms with Crippen LogP contribution in [0.2, 0.25) is 0 Å². The first-order chi connectivity index (χ1) is 34.0. The molecule has 0 aliphatic carbocycles. The number of hydrogen-bond acceptors (Lipinski definition) is 7. The summed E-state index contributed by atoms with van der Waals surface area (Å²) in [6.45, 7) is 2.02. The van der Waals surface area contributed by atoms with E-state index >= 15 is 0 Å². The van der Waals surface area contributed by atoms with Crippen LogP contribution in [0.15, 0.2) is 240 Å². The Morgan fingerprint density at radius 1 is 0.319 bits per heavy atom. The molecule has 8 aromatic rings. The fourth-order valence-corrected chi connectivity index (χ4v) is 11.1. The van der Waals surface area contributed by atoms with Crippen LogP contribution in [0.4, 0.5) is 11.4 Å². The van der Waals surface area contributed by atoms with E-state index in [1.807, 2.05) is 60.7 Å². The second-order valence-corrected chi connectivity index (χ2v) is 18.8. The summed E-state index contributed by atoms with van der Waals surface area (Å²) in [6.07, 6.45) is 0.447. The Bertz CT molecular complexity index is 2380. The van der Waals surface area contributed by atoms with Crippen LogP contribution in [0.25, 0.3) is 0 Å². The number of benzene rings is 8. The minimum atomic E-state index is -0.483. The molecular weight excluding hydrogens is 893 g/mol. The fourth-order valence-electron chi connectivity index (χ4n) is 8.28. The molecule has 0 saturated heterocycles. The fraction of sp³-hybridized carbons (Fsp3) is 0.167. The van der Waals surface area contributed by atoms with Crippen molar-refractivity contribution < 1.29 is 23.8 Å². The third-order valence-electron chi connectivity index (χ3n) is 11.6. The second-order valence-electron chi connectivity index (χ2n) is 16.2. The molecular formula is C60H56N2O5S2. The van der Waals surface area contributed by atoms with Crippen LogP contribution in [0, 0.1) is 0 Å². The molecule has 69 heavy (non-hydrogen) atoms. The zero-order chi connectivity index (χ0) is 47.4. The summed E-state index contributed by atoms with van der Waals surface area (Å²) >= 11 is 3.57. The number of thioether (sulfide) groups is 2. The lowest BCUT2D eigenvalue weighted by Crippen LogP contribution is -2.25. The van der Waals surface area contributed by atoms with Gasteiger partial charge in [-0.1, -0.05) is 182 Å². The molecule has 8 aromatic carbocycles. The normalized spacial score (nSPS) is 11.5. The first-order valence-corrected chi connectivity index (χ1v) is 24.9. The van der Waals surface area contributed by atoms with Gasteiger partial charge in [0, 0.05) is 21.2 Å². The van der Waals surface area contributed by atoms with Crippen molar-refractivity contribution in [2.75, 3.05) is 50.3 Å². The number of amides is 2. The van der Waals surface area contributed by atoms with Gasteiger partial charge in [-0.05, 0) is 81.9 Å². The van der Waals surface area contributed by atoms with Crippen LogP contribution in [-0.4, -0.2) is 51.5 Å². The highest BCUT2D eigenvalue weighted by Gasteiger charge is 2.39. The van der Waals surface area contributed by atoms with Gasteiger partial charge >= 0.3 is 0 Å². The van der Waals surface area contributed by atoms with E-state index in [9.17, 15) is 9.59 Å². The average Bonchev–Trinajstić information content (AvgIpc) is 3.41. The number of anilines is 2. The van der Waals surface area contributed by atoms with Crippen molar-refractivity contribution in [3.05, 3.63) is 264 Å². The van der Waals surface area contributed by atoms with Crippen molar-refractivity contribution in [2.24, 2.45) is 0 Å². The highest BCUT2D eigenvalue weighted by atomic mass is 32.2. The minimum Gasteiger partial charge on any atom is -0.379 e. The maximum absolute atomic E-state index is 12.8. The van der Waals surface area contributed by atoms with Gasteiger partial charge in [0.2, 0.25) is 11.8 Å². The molecule has 0 unspecified atom stereocenters. The van der Waals surface area contributed by atoms with Crippen molar-refractivity contribution in [1.29, 1.82) is 0 Å². The zero-order valence-electron chi connectivity index (χ0n) is 38.5. The summed E-state index contributed by atoms with van der Waals surface area (Å²) < 4.78 is 16.0. The summed E-state index contributed by atoms with van der Waals surface area (Å²) in [6, 6.07) is 79.6. The first kappa shape index (κ1) is 48.7. The van der Waals surface area contributed by atoms with Gasteiger partial charge in [-0.25, -0.2) is 0 Å². The molecule has 8 rings (SSSR count). The Morgan fingerprint density at radius 3 is 0.797 bits per heavy atom. The number of hydrogen-bond donors (Lipinski definition) is 2. The number of carbonyl (C=O) groups is 2. The Hall–Kier alpha value is -6.72. The third-order valence-corrected chi connectivity index (χ3v) is 14.6. The Kier molecular flexibility index (Phi) is 17.7. The highest BCUT2D eigenvalue weighted by Crippen LogP contribution is 2.53. The van der Waals surface area contributed by atoms with Crippen LogP contribution >= 0.6 is 23.5 Å². The van der Waals surface area contributed by atoms with Gasteiger partial charge in [0.05, 0.1) is 62.0 Å². The van der Waals surface area contributed by atoms with Crippen LogP contribution in [0.3, 0.4) is 0 Å². The maximum Gasteiger partial charge on any atom is 0.226 e. The molecule has 0 aromatic heterocycles. The molecule has 0 aliphatic rings. The second kappa shape index (κ2) is 25.1. The van der Waals surface area contributed by atoms with Gasteiger partial charge in [-0.15, -0.1) is 23.5 Å². The topological polar surface area (TPSA) is 85.9 Å². The molecule has 0 heterocycles. The van der Waals surface area contributed by atoms with Crippen molar-refractivity contribution in [2.45, 2.75) is 32.1 Å². The number of nitrogens with one attached hydrogen (secondary N) is 2. The number of ether oxygens (including phenoxy) is 3. The van der Waals surface area contributed by atoms with E-state index in [0.29, 0.717) is 26.4 Å². The van der Waals surface area contributed by atoms with Crippen LogP contribution in [-0.2, 0) is 33.3 Å². The van der Waals surface area contributed by atoms with Crippen LogP contribution in [0.1, 0.15) is 46.2 Å². The van der Waals surface area contributed by atoms with Crippen molar-refractivity contribution in [3.63, 3.8) is 0 Å². The van der Waals surface area contributed by atoms with Crippen molar-refractivity contribution in [3.8, 4) is 0 Å². The van der Waals surface area contributed by atoms with E-state index in [-0.39, 0.29) is 37.9 Å². The first-order valence-electron chi connectivity index (χ1n) is 23.3. The predicted molar refractivity (Wildman–Crippen MR) is 282 cm³/mol. The van der Waals surface area contributed by atoms with Crippen LogP contribution in [0.5, 0.6) is 0 Å². The quantitative estimate of drug-likeness (QED) is 0.0354. The van der Waals surface area contributed by atoms with E-state index in [2.05, 4.69) is 180 Å². The standard InChI is InChI=1S/C60H56N2O5S2/c63-57(61-53-31-35-55(36-32-53)68-59(47-19-7-1-8-20-47,48-21-9-2-10-22-48)49-23-11-3-12-24-49)39-41-65-43-45-67-46-44-66-42-40-58(64)62-54-33-37-56(38-34-54)69-60(50-25-13-4-14-26-50,51-27-15-5-16-28-51)52-29-17-6-18-30-52/h1-38H,39-46H2,(H,61,63)(H,62,64). The highest BCUT2D eigenvalue weighted by molar-refractivity contribution is 8.01. The predicted octanol–water partition coefficient (Wildman–Crippen LogP) is 13.3. The lowest BCUT2D eigenvalue weighted by molar-refractivity contribution is -0.118. The number of carbonyl (C=O) groups excluding carboxylic acids is 2. The molecule has 2 N–H and O–H groups in total. The van der Waals surface area contributed by atoms with Gasteiger partial charge in [-0.2, -0.15) is 0 Å². The third kappa shape index (κ3) is 12.9. The summed E-state index contributed by atoms with van der Waals surface area (Å²) in [5.41, 5.74) is 8.57. The summed E-state index contributed by atoms with van der Waals surface area (Å²) in [7, 11) is 0. The maximum atomic E-state index is 12.8. The van der Waals surface area contributed by atoms with Gasteiger partial charge in [-0.3, -0.25) is 9.59 Å². The minimum absolute atomic E-state index is 0.121. The molecule has 0 saturated carbocycles. The van der Waals surface area contributed by atoms with Gasteiger partial charge in [0.1, 0.15) is 0 Å². The van der Waals surface area contributed by atoms with Crippen LogP contribution < -0.4 is 10.6 Å². The molecule has 0 fully saturated rings. The molecule has 0 bridgehead atoms. The number of rotatable bonds is 24. The van der Waals surface area contributed by atoms with E-state index in [4.69, 9.17) is 14.2 Å². The Balaban J connectivity index is 0.718. The largest absolute Gasteiger partial charge is 0.379 e. The lowest BCUT2D eigenvalue weighted by atomic mass is 9.84.